The Balaban J connectivity index is 1.24. The first-order chi connectivity index (χ1) is 16.2. The number of amides is 1. The number of nitrogens with zero attached hydrogens (tertiary/aromatic N) is 3. The smallest absolute Gasteiger partial charge is 0.277 e. The van der Waals surface area contributed by atoms with Crippen LogP contribution in [0.1, 0.15) is 0 Å². The number of rotatable bonds is 6. The van der Waals surface area contributed by atoms with Crippen LogP contribution in [0.15, 0.2) is 70.3 Å². The summed E-state index contributed by atoms with van der Waals surface area (Å²) in [6.07, 6.45) is 0. The number of fused-ring (bicyclic) bond motifs is 1. The molecule has 33 heavy (non-hydrogen) atoms. The maximum atomic E-state index is 12.6. The maximum absolute atomic E-state index is 12.6. The highest BCUT2D eigenvalue weighted by atomic mass is 35.5. The largest absolute Gasteiger partial charge is 0.411 e. The fourth-order valence-corrected chi connectivity index (χ4v) is 4.44. The molecule has 1 aliphatic rings. The van der Waals surface area contributed by atoms with E-state index in [2.05, 4.69) is 26.5 Å². The third kappa shape index (κ3) is 5.13. The molecule has 0 atom stereocenters. The van der Waals surface area contributed by atoms with Gasteiger partial charge in [-0.1, -0.05) is 53.7 Å². The van der Waals surface area contributed by atoms with Crippen LogP contribution in [0.5, 0.6) is 0 Å². The SMILES string of the molecule is O=C(CSc1nnc(-c2ccc3ccccc3c2)o1)Nc1cc(Cl)ccc1N1CCOCC1. The Bertz CT molecular complexity index is 1290. The van der Waals surface area contributed by atoms with Gasteiger partial charge in [-0.25, -0.2) is 0 Å². The lowest BCUT2D eigenvalue weighted by Gasteiger charge is -2.30. The molecule has 0 aliphatic carbocycles. The number of hydrogen-bond acceptors (Lipinski definition) is 7. The topological polar surface area (TPSA) is 80.5 Å². The first-order valence-corrected chi connectivity index (χ1v) is 11.9. The van der Waals surface area contributed by atoms with Crippen molar-refractivity contribution in [2.24, 2.45) is 0 Å². The van der Waals surface area contributed by atoms with E-state index in [0.717, 1.165) is 35.1 Å². The molecule has 4 aromatic rings. The summed E-state index contributed by atoms with van der Waals surface area (Å²) in [6, 6.07) is 19.6. The standard InChI is InChI=1S/C24H21ClN4O3S/c25-19-7-8-21(29-9-11-31-12-10-29)20(14-19)26-22(30)15-33-24-28-27-23(32-24)18-6-5-16-3-1-2-4-17(16)13-18/h1-8,13-14H,9-12,15H2,(H,26,30). The molecule has 3 aromatic carbocycles. The maximum Gasteiger partial charge on any atom is 0.277 e. The zero-order valence-corrected chi connectivity index (χ0v) is 19.2. The molecule has 0 spiro atoms. The third-order valence-corrected chi connectivity index (χ3v) is 6.37. The van der Waals surface area contributed by atoms with Crippen molar-refractivity contribution in [2.45, 2.75) is 5.22 Å². The summed E-state index contributed by atoms with van der Waals surface area (Å²) in [5.41, 5.74) is 2.45. The van der Waals surface area contributed by atoms with E-state index in [-0.39, 0.29) is 11.7 Å². The van der Waals surface area contributed by atoms with Crippen LogP contribution in [0.2, 0.25) is 5.02 Å². The quantitative estimate of drug-likeness (QED) is 0.384. The van der Waals surface area contributed by atoms with Gasteiger partial charge in [0, 0.05) is 23.7 Å². The Morgan fingerprint density at radius 3 is 2.70 bits per heavy atom. The average Bonchev–Trinajstić information content (AvgIpc) is 3.32. The minimum absolute atomic E-state index is 0.133. The van der Waals surface area contributed by atoms with Crippen molar-refractivity contribution in [3.8, 4) is 11.5 Å². The second-order valence-electron chi connectivity index (χ2n) is 7.53. The number of benzene rings is 3. The number of carbonyl (C=O) groups excluding carboxylic acids is 1. The van der Waals surface area contributed by atoms with Gasteiger partial charge in [0.1, 0.15) is 0 Å². The molecule has 0 unspecified atom stereocenters. The molecule has 0 bridgehead atoms. The summed E-state index contributed by atoms with van der Waals surface area (Å²) in [7, 11) is 0. The van der Waals surface area contributed by atoms with E-state index >= 15 is 0 Å². The van der Waals surface area contributed by atoms with Crippen LogP contribution < -0.4 is 10.2 Å². The van der Waals surface area contributed by atoms with Crippen LogP contribution in [0.4, 0.5) is 11.4 Å². The molecule has 1 aliphatic heterocycles. The molecule has 1 saturated heterocycles. The summed E-state index contributed by atoms with van der Waals surface area (Å²) in [5, 5.41) is 14.3. The number of anilines is 2. The highest BCUT2D eigenvalue weighted by molar-refractivity contribution is 7.99. The van der Waals surface area contributed by atoms with Crippen LogP contribution in [-0.2, 0) is 9.53 Å². The molecule has 1 N–H and O–H groups in total. The van der Waals surface area contributed by atoms with Gasteiger partial charge in [0.15, 0.2) is 0 Å². The summed E-state index contributed by atoms with van der Waals surface area (Å²) < 4.78 is 11.2. The number of nitrogens with one attached hydrogen (secondary N) is 1. The number of halogens is 1. The van der Waals surface area contributed by atoms with Crippen molar-refractivity contribution in [1.29, 1.82) is 0 Å². The lowest BCUT2D eigenvalue weighted by atomic mass is 10.1. The molecule has 2 heterocycles. The number of aromatic nitrogens is 2. The average molecular weight is 481 g/mol. The summed E-state index contributed by atoms with van der Waals surface area (Å²) in [5.74, 6) is 0.379. The molecule has 1 amide bonds. The lowest BCUT2D eigenvalue weighted by Crippen LogP contribution is -2.36. The monoisotopic (exact) mass is 480 g/mol. The van der Waals surface area contributed by atoms with Crippen molar-refractivity contribution in [1.82, 2.24) is 10.2 Å². The zero-order chi connectivity index (χ0) is 22.6. The molecule has 9 heteroatoms. The van der Waals surface area contributed by atoms with Gasteiger partial charge in [-0.05, 0) is 41.1 Å². The highest BCUT2D eigenvalue weighted by Gasteiger charge is 2.17. The molecular weight excluding hydrogens is 460 g/mol. The number of hydrogen-bond donors (Lipinski definition) is 1. The van der Waals surface area contributed by atoms with E-state index < -0.39 is 0 Å². The fourth-order valence-electron chi connectivity index (χ4n) is 3.71. The number of morpholine rings is 1. The highest BCUT2D eigenvalue weighted by Crippen LogP contribution is 2.31. The molecule has 168 valence electrons. The Hall–Kier alpha value is -3.07. The van der Waals surface area contributed by atoms with E-state index in [1.54, 1.807) is 6.07 Å². The van der Waals surface area contributed by atoms with Crippen molar-refractivity contribution >= 4 is 51.4 Å². The number of carbonyl (C=O) groups is 1. The summed E-state index contributed by atoms with van der Waals surface area (Å²) >= 11 is 7.37. The van der Waals surface area contributed by atoms with Crippen molar-refractivity contribution in [2.75, 3.05) is 42.3 Å². The van der Waals surface area contributed by atoms with E-state index in [9.17, 15) is 4.79 Å². The predicted molar refractivity (Wildman–Crippen MR) is 131 cm³/mol. The van der Waals surface area contributed by atoms with Crippen LogP contribution in [0.3, 0.4) is 0 Å². The van der Waals surface area contributed by atoms with E-state index in [4.69, 9.17) is 20.8 Å². The van der Waals surface area contributed by atoms with Gasteiger partial charge in [0.25, 0.3) is 5.22 Å². The minimum Gasteiger partial charge on any atom is -0.411 e. The summed E-state index contributed by atoms with van der Waals surface area (Å²) in [6.45, 7) is 2.84. The molecule has 0 saturated carbocycles. The first-order valence-electron chi connectivity index (χ1n) is 10.5. The van der Waals surface area contributed by atoms with Gasteiger partial charge in [-0.15, -0.1) is 10.2 Å². The predicted octanol–water partition coefficient (Wildman–Crippen LogP) is 5.11. The van der Waals surface area contributed by atoms with E-state index in [0.29, 0.717) is 35.0 Å². The Labute approximate surface area is 200 Å². The number of ether oxygens (including phenoxy) is 1. The minimum atomic E-state index is -0.178. The zero-order valence-electron chi connectivity index (χ0n) is 17.7. The fraction of sp³-hybridized carbons (Fsp3) is 0.208. The van der Waals surface area contributed by atoms with Crippen LogP contribution in [-0.4, -0.2) is 48.2 Å². The normalized spacial score (nSPS) is 13.9. The van der Waals surface area contributed by atoms with Gasteiger partial charge in [0.2, 0.25) is 11.8 Å². The Morgan fingerprint density at radius 1 is 1.03 bits per heavy atom. The summed E-state index contributed by atoms with van der Waals surface area (Å²) in [4.78, 5) is 14.8. The number of thioether (sulfide) groups is 1. The van der Waals surface area contributed by atoms with Crippen molar-refractivity contribution in [3.63, 3.8) is 0 Å². The van der Waals surface area contributed by atoms with Gasteiger partial charge >= 0.3 is 0 Å². The molecule has 0 radical (unpaired) electrons. The van der Waals surface area contributed by atoms with Gasteiger partial charge in [0.05, 0.1) is 30.3 Å². The first kappa shape index (κ1) is 21.8. The van der Waals surface area contributed by atoms with Crippen molar-refractivity contribution in [3.05, 3.63) is 65.7 Å². The van der Waals surface area contributed by atoms with Crippen LogP contribution in [0.25, 0.3) is 22.2 Å². The van der Waals surface area contributed by atoms with Crippen LogP contribution in [0, 0.1) is 0 Å². The molecule has 7 nitrogen and oxygen atoms in total. The van der Waals surface area contributed by atoms with Gasteiger partial charge < -0.3 is 19.4 Å². The Kier molecular flexibility index (Phi) is 6.48. The van der Waals surface area contributed by atoms with Gasteiger partial charge in [-0.3, -0.25) is 4.79 Å². The Morgan fingerprint density at radius 2 is 1.85 bits per heavy atom. The van der Waals surface area contributed by atoms with E-state index in [1.165, 1.54) is 11.8 Å². The molecular formula is C24H21ClN4O3S. The van der Waals surface area contributed by atoms with E-state index in [1.807, 2.05) is 48.5 Å². The lowest BCUT2D eigenvalue weighted by molar-refractivity contribution is -0.113. The molecule has 1 fully saturated rings. The van der Waals surface area contributed by atoms with Crippen LogP contribution >= 0.6 is 23.4 Å². The molecule has 1 aromatic heterocycles. The second-order valence-corrected chi connectivity index (χ2v) is 8.90. The van der Waals surface area contributed by atoms with Gasteiger partial charge in [-0.2, -0.15) is 0 Å². The third-order valence-electron chi connectivity index (χ3n) is 5.31. The van der Waals surface area contributed by atoms with Crippen molar-refractivity contribution < 1.29 is 13.9 Å². The molecule has 5 rings (SSSR count). The second kappa shape index (κ2) is 9.82.